The largest absolute Gasteiger partial charge is 0.507 e. The van der Waals surface area contributed by atoms with Gasteiger partial charge in [0.25, 0.3) is 0 Å². The molecule has 0 atom stereocenters. The summed E-state index contributed by atoms with van der Waals surface area (Å²) in [4.78, 5) is 0. The van der Waals surface area contributed by atoms with Crippen molar-refractivity contribution in [3.63, 3.8) is 0 Å². The van der Waals surface area contributed by atoms with Crippen LogP contribution in [0.4, 0.5) is 5.00 Å². The molecule has 1 aliphatic rings. The molecule has 2 aromatic carbocycles. The van der Waals surface area contributed by atoms with Crippen molar-refractivity contribution in [2.24, 2.45) is 0 Å². The van der Waals surface area contributed by atoms with E-state index in [0.717, 1.165) is 27.3 Å². The quantitative estimate of drug-likeness (QED) is 0.610. The summed E-state index contributed by atoms with van der Waals surface area (Å²) in [5, 5.41) is 35.6. The van der Waals surface area contributed by atoms with Crippen LogP contribution in [0.1, 0.15) is 5.56 Å². The maximum absolute atomic E-state index is 10.4. The van der Waals surface area contributed by atoms with E-state index in [2.05, 4.69) is 5.32 Å². The van der Waals surface area contributed by atoms with E-state index < -0.39 is 0 Å². The number of fused-ring (bicyclic) bond motifs is 1. The van der Waals surface area contributed by atoms with Crippen LogP contribution in [0, 0.1) is 11.3 Å². The van der Waals surface area contributed by atoms with Crippen molar-refractivity contribution in [1.82, 2.24) is 0 Å². The zero-order valence-corrected chi connectivity index (χ0v) is 14.0. The smallest absolute Gasteiger partial charge is 0.141 e. The molecule has 0 fully saturated rings. The molecule has 3 aromatic rings. The van der Waals surface area contributed by atoms with Crippen LogP contribution in [0.5, 0.6) is 5.75 Å². The summed E-state index contributed by atoms with van der Waals surface area (Å²) >= 11 is 1.51. The number of aromatic hydroxyl groups is 1. The number of para-hydroxylation sites is 1. The number of hydrogen-bond donors (Lipinski definition) is 3. The van der Waals surface area contributed by atoms with Crippen LogP contribution in [0.2, 0.25) is 0 Å². The fourth-order valence-corrected chi connectivity index (χ4v) is 3.95. The number of benzene rings is 2. The number of rotatable bonds is 2. The highest BCUT2D eigenvalue weighted by Crippen LogP contribution is 2.42. The summed E-state index contributed by atoms with van der Waals surface area (Å²) in [7, 11) is 0. The van der Waals surface area contributed by atoms with Crippen molar-refractivity contribution in [3.05, 3.63) is 65.0 Å². The number of hydrogen-bond acceptors (Lipinski definition) is 5. The molecule has 0 amide bonds. The lowest BCUT2D eigenvalue weighted by atomic mass is 9.96. The second-order valence-electron chi connectivity index (χ2n) is 5.74. The summed E-state index contributed by atoms with van der Waals surface area (Å²) in [5.74, 6) is 0.295. The molecule has 0 bridgehead atoms. The summed E-state index contributed by atoms with van der Waals surface area (Å²) in [6.07, 6.45) is 0. The highest BCUT2D eigenvalue weighted by molar-refractivity contribution is 7.15. The van der Waals surface area contributed by atoms with Crippen LogP contribution in [-0.4, -0.2) is 16.8 Å². The van der Waals surface area contributed by atoms with Gasteiger partial charge in [-0.15, -0.1) is 11.3 Å². The summed E-state index contributed by atoms with van der Waals surface area (Å²) in [5.41, 5.74) is 4.56. The van der Waals surface area contributed by atoms with Crippen LogP contribution in [0.25, 0.3) is 28.0 Å². The molecule has 0 aliphatic carbocycles. The number of nitriles is 1. The van der Waals surface area contributed by atoms with Gasteiger partial charge in [0, 0.05) is 16.5 Å². The van der Waals surface area contributed by atoms with Crippen molar-refractivity contribution in [2.75, 3.05) is 11.9 Å². The van der Waals surface area contributed by atoms with Gasteiger partial charge in [-0.05, 0) is 17.2 Å². The highest BCUT2D eigenvalue weighted by atomic mass is 32.1. The highest BCUT2D eigenvalue weighted by Gasteiger charge is 2.24. The maximum Gasteiger partial charge on any atom is 0.141 e. The van der Waals surface area contributed by atoms with Crippen molar-refractivity contribution >= 4 is 22.1 Å². The Labute approximate surface area is 148 Å². The molecule has 2 heterocycles. The third-order valence-corrected chi connectivity index (χ3v) is 5.22. The molecular formula is C20H14N2O2S. The average molecular weight is 346 g/mol. The number of nitrogens with one attached hydrogen (secondary N) is 1. The van der Waals surface area contributed by atoms with Crippen LogP contribution >= 0.6 is 11.3 Å². The van der Waals surface area contributed by atoms with Crippen molar-refractivity contribution < 1.29 is 10.2 Å². The molecule has 0 saturated carbocycles. The fraction of sp³-hybridized carbons (Fsp3) is 0.0500. The van der Waals surface area contributed by atoms with E-state index in [1.165, 1.54) is 11.3 Å². The molecule has 0 saturated heterocycles. The van der Waals surface area contributed by atoms with E-state index in [0.29, 0.717) is 17.7 Å². The topological polar surface area (TPSA) is 76.3 Å². The molecule has 0 unspecified atom stereocenters. The number of phenols is 1. The van der Waals surface area contributed by atoms with Gasteiger partial charge in [-0.25, -0.2) is 0 Å². The molecule has 1 aliphatic heterocycles. The predicted molar refractivity (Wildman–Crippen MR) is 101 cm³/mol. The van der Waals surface area contributed by atoms with E-state index in [1.807, 2.05) is 47.8 Å². The lowest BCUT2D eigenvalue weighted by molar-refractivity contribution is 0.477. The monoisotopic (exact) mass is 346 g/mol. The van der Waals surface area contributed by atoms with Gasteiger partial charge in [-0.2, -0.15) is 5.26 Å². The Morgan fingerprint density at radius 3 is 2.32 bits per heavy atom. The lowest BCUT2D eigenvalue weighted by Gasteiger charge is -2.16. The molecule has 4 rings (SSSR count). The summed E-state index contributed by atoms with van der Waals surface area (Å²) < 4.78 is 0. The van der Waals surface area contributed by atoms with E-state index >= 15 is 0 Å². The minimum absolute atomic E-state index is 0.0530. The summed E-state index contributed by atoms with van der Waals surface area (Å²) in [6.45, 7) is 0.349. The fourth-order valence-electron chi connectivity index (χ4n) is 2.98. The number of aliphatic hydroxyl groups is 1. The number of phenolic OH excluding ortho intramolecular Hbond substituents is 1. The Morgan fingerprint density at radius 2 is 1.64 bits per heavy atom. The number of thiophene rings is 1. The second-order valence-corrected chi connectivity index (χ2v) is 6.62. The van der Waals surface area contributed by atoms with Gasteiger partial charge in [0.1, 0.15) is 22.6 Å². The molecule has 1 aromatic heterocycles. The minimum atomic E-state index is 0.0530. The zero-order valence-electron chi connectivity index (χ0n) is 13.2. The molecule has 4 nitrogen and oxygen atoms in total. The molecule has 122 valence electrons. The normalized spacial score (nSPS) is 13.1. The van der Waals surface area contributed by atoms with E-state index in [1.54, 1.807) is 12.1 Å². The number of anilines is 1. The lowest BCUT2D eigenvalue weighted by Crippen LogP contribution is -2.11. The van der Waals surface area contributed by atoms with E-state index in [9.17, 15) is 10.2 Å². The third-order valence-electron chi connectivity index (χ3n) is 4.29. The zero-order chi connectivity index (χ0) is 17.4. The first-order chi connectivity index (χ1) is 12.2. The Kier molecular flexibility index (Phi) is 3.68. The first-order valence-corrected chi connectivity index (χ1v) is 8.63. The standard InChI is InChI=1S/C20H14N2O2S/c21-9-14-10-22-20-18(19(14)24)16(11-25-20)13-7-5-12(6-8-13)15-3-1-2-4-17(15)23/h1-8,11,22-24H,10H2. The van der Waals surface area contributed by atoms with Crippen LogP contribution in [-0.2, 0) is 0 Å². The second kappa shape index (κ2) is 6.00. The Morgan fingerprint density at radius 1 is 0.960 bits per heavy atom. The molecule has 0 spiro atoms. The molecular weight excluding hydrogens is 332 g/mol. The van der Waals surface area contributed by atoms with Gasteiger partial charge in [0.15, 0.2) is 0 Å². The Hall–Kier alpha value is -3.23. The average Bonchev–Trinajstić information content (AvgIpc) is 3.08. The first kappa shape index (κ1) is 15.3. The van der Waals surface area contributed by atoms with Gasteiger partial charge in [-0.3, -0.25) is 0 Å². The van der Waals surface area contributed by atoms with Crippen LogP contribution < -0.4 is 5.32 Å². The molecule has 5 heteroatoms. The summed E-state index contributed by atoms with van der Waals surface area (Å²) in [6, 6.07) is 17.0. The first-order valence-electron chi connectivity index (χ1n) is 7.76. The molecule has 3 N–H and O–H groups in total. The number of nitrogens with zero attached hydrogens (tertiary/aromatic N) is 1. The SMILES string of the molecule is N#CC1=C(O)c2c(-c3ccc(-c4ccccc4O)cc3)csc2NC1. The molecule has 0 radical (unpaired) electrons. The van der Waals surface area contributed by atoms with Crippen molar-refractivity contribution in [1.29, 1.82) is 5.26 Å². The Balaban J connectivity index is 1.77. The Bertz CT molecular complexity index is 1030. The predicted octanol–water partition coefficient (Wildman–Crippen LogP) is 5.01. The molecule has 25 heavy (non-hydrogen) atoms. The van der Waals surface area contributed by atoms with Gasteiger partial charge >= 0.3 is 0 Å². The van der Waals surface area contributed by atoms with Crippen molar-refractivity contribution in [2.45, 2.75) is 0 Å². The van der Waals surface area contributed by atoms with Crippen LogP contribution in [0.3, 0.4) is 0 Å². The van der Waals surface area contributed by atoms with E-state index in [-0.39, 0.29) is 11.5 Å². The van der Waals surface area contributed by atoms with Gasteiger partial charge < -0.3 is 15.5 Å². The number of aliphatic hydroxyl groups excluding tert-OH is 1. The van der Waals surface area contributed by atoms with Crippen LogP contribution in [0.15, 0.2) is 59.5 Å². The van der Waals surface area contributed by atoms with Crippen molar-refractivity contribution in [3.8, 4) is 34.1 Å². The third kappa shape index (κ3) is 2.53. The van der Waals surface area contributed by atoms with E-state index in [4.69, 9.17) is 5.26 Å². The van der Waals surface area contributed by atoms with Gasteiger partial charge in [0.2, 0.25) is 0 Å². The minimum Gasteiger partial charge on any atom is -0.507 e. The maximum atomic E-state index is 10.4. The van der Waals surface area contributed by atoms with Gasteiger partial charge in [0.05, 0.1) is 17.7 Å². The van der Waals surface area contributed by atoms with Gasteiger partial charge in [-0.1, -0.05) is 42.5 Å².